The van der Waals surface area contributed by atoms with Crippen molar-refractivity contribution in [1.82, 2.24) is 9.80 Å². The van der Waals surface area contributed by atoms with Crippen molar-refractivity contribution in [3.8, 4) is 5.75 Å². The summed E-state index contributed by atoms with van der Waals surface area (Å²) < 4.78 is 12.6. The van der Waals surface area contributed by atoms with E-state index in [2.05, 4.69) is 0 Å². The average molecular weight is 586 g/mol. The number of rotatable bonds is 9. The standard InChI is InChI=1S/C34H39N3O6/c1-3-33-17-8-20-36(25-13-15-26(16-14-25)42-4-2)30(39)27(33)28-31(40)37(21-10-22-38)29-32(41)35(19-9-18-34(28,29)43-33)23-24-11-6-5-7-12-24/h5-9,11-18,27-29,38H,3-4,10,19-23H2,1-2H3/t27-,28-,29?,33+,34-/m0/s1. The van der Waals surface area contributed by atoms with E-state index in [1.165, 1.54) is 0 Å². The molecule has 6 rings (SSSR count). The van der Waals surface area contributed by atoms with Crippen LogP contribution in [-0.2, 0) is 25.7 Å². The molecule has 2 saturated heterocycles. The van der Waals surface area contributed by atoms with Gasteiger partial charge in [0.05, 0.1) is 24.0 Å². The molecule has 4 heterocycles. The lowest BCUT2D eigenvalue weighted by molar-refractivity contribution is -0.152. The van der Waals surface area contributed by atoms with Crippen LogP contribution in [0.4, 0.5) is 5.69 Å². The van der Waals surface area contributed by atoms with Gasteiger partial charge in [0.25, 0.3) is 0 Å². The van der Waals surface area contributed by atoms with Crippen LogP contribution in [0.15, 0.2) is 78.9 Å². The molecule has 2 aromatic rings. The van der Waals surface area contributed by atoms with Crippen LogP contribution in [0.2, 0.25) is 0 Å². The van der Waals surface area contributed by atoms with Gasteiger partial charge in [0.15, 0.2) is 0 Å². The van der Waals surface area contributed by atoms with E-state index in [4.69, 9.17) is 9.47 Å². The van der Waals surface area contributed by atoms with E-state index in [0.29, 0.717) is 50.5 Å². The number of benzene rings is 2. The molecule has 0 radical (unpaired) electrons. The van der Waals surface area contributed by atoms with Crippen molar-refractivity contribution in [2.24, 2.45) is 11.8 Å². The predicted octanol–water partition coefficient (Wildman–Crippen LogP) is 3.33. The lowest BCUT2D eigenvalue weighted by Crippen LogP contribution is -2.56. The van der Waals surface area contributed by atoms with E-state index in [-0.39, 0.29) is 30.9 Å². The van der Waals surface area contributed by atoms with Crippen molar-refractivity contribution < 1.29 is 29.0 Å². The highest BCUT2D eigenvalue weighted by molar-refractivity contribution is 6.04. The first-order chi connectivity index (χ1) is 20.9. The Bertz CT molecular complexity index is 1430. The maximum absolute atomic E-state index is 14.6. The molecule has 1 spiro atoms. The van der Waals surface area contributed by atoms with Gasteiger partial charge in [-0.3, -0.25) is 14.4 Å². The number of aliphatic hydroxyl groups is 1. The van der Waals surface area contributed by atoms with Gasteiger partial charge < -0.3 is 29.3 Å². The normalized spacial score (nSPS) is 29.8. The SMILES string of the molecule is CCOc1ccc(N2CC=C[C@@]3(CC)O[C@]45C=CCN(Cc6ccccc6)C(=O)C4N(CCCO)C(=O)[C@@H]5[C@H]3C2=O)cc1. The van der Waals surface area contributed by atoms with Gasteiger partial charge in [-0.15, -0.1) is 0 Å². The fraction of sp³-hybridized carbons (Fsp3) is 0.441. The number of ether oxygens (including phenoxy) is 2. The summed E-state index contributed by atoms with van der Waals surface area (Å²) in [6, 6.07) is 16.2. The fourth-order valence-electron chi connectivity index (χ4n) is 7.35. The van der Waals surface area contributed by atoms with Crippen LogP contribution in [0.1, 0.15) is 32.3 Å². The molecule has 2 fully saturated rings. The van der Waals surface area contributed by atoms with Crippen LogP contribution in [0.5, 0.6) is 5.75 Å². The molecular formula is C34H39N3O6. The second kappa shape index (κ2) is 11.6. The molecule has 3 amide bonds. The van der Waals surface area contributed by atoms with Crippen LogP contribution < -0.4 is 9.64 Å². The zero-order chi connectivity index (χ0) is 30.2. The van der Waals surface area contributed by atoms with Crippen molar-refractivity contribution in [2.45, 2.75) is 50.5 Å². The summed E-state index contributed by atoms with van der Waals surface area (Å²) in [6.45, 7) is 5.56. The van der Waals surface area contributed by atoms with Crippen molar-refractivity contribution in [1.29, 1.82) is 0 Å². The minimum atomic E-state index is -1.32. The zero-order valence-electron chi connectivity index (χ0n) is 24.7. The lowest BCUT2D eigenvalue weighted by Gasteiger charge is -2.38. The van der Waals surface area contributed by atoms with Crippen molar-refractivity contribution in [2.75, 3.05) is 37.7 Å². The summed E-state index contributed by atoms with van der Waals surface area (Å²) in [6.07, 6.45) is 8.42. The molecule has 1 unspecified atom stereocenters. The third-order valence-electron chi connectivity index (χ3n) is 9.26. The van der Waals surface area contributed by atoms with Crippen molar-refractivity contribution in [3.63, 3.8) is 0 Å². The molecule has 0 saturated carbocycles. The second-order valence-corrected chi connectivity index (χ2v) is 11.6. The first-order valence-electron chi connectivity index (χ1n) is 15.2. The fourth-order valence-corrected chi connectivity index (χ4v) is 7.35. The monoisotopic (exact) mass is 585 g/mol. The Morgan fingerprint density at radius 1 is 0.907 bits per heavy atom. The number of nitrogens with zero attached hydrogens (tertiary/aromatic N) is 3. The number of amides is 3. The van der Waals surface area contributed by atoms with Gasteiger partial charge in [-0.25, -0.2) is 0 Å². The Morgan fingerprint density at radius 3 is 2.35 bits per heavy atom. The highest BCUT2D eigenvalue weighted by atomic mass is 16.5. The number of carbonyl (C=O) groups is 3. The number of likely N-dealkylation sites (tertiary alicyclic amines) is 1. The molecule has 0 aliphatic carbocycles. The lowest BCUT2D eigenvalue weighted by atomic mass is 9.73. The summed E-state index contributed by atoms with van der Waals surface area (Å²) in [5.41, 5.74) is -0.698. The van der Waals surface area contributed by atoms with E-state index in [0.717, 1.165) is 5.56 Å². The van der Waals surface area contributed by atoms with Crippen molar-refractivity contribution >= 4 is 23.4 Å². The van der Waals surface area contributed by atoms with Crippen molar-refractivity contribution in [3.05, 3.63) is 84.5 Å². The van der Waals surface area contributed by atoms with E-state index >= 15 is 0 Å². The molecule has 2 aromatic carbocycles. The van der Waals surface area contributed by atoms with Crippen LogP contribution >= 0.6 is 0 Å². The molecule has 5 atom stereocenters. The summed E-state index contributed by atoms with van der Waals surface area (Å²) in [7, 11) is 0. The second-order valence-electron chi connectivity index (χ2n) is 11.6. The molecule has 4 aliphatic heterocycles. The maximum atomic E-state index is 14.6. The Morgan fingerprint density at radius 2 is 1.65 bits per heavy atom. The predicted molar refractivity (Wildman–Crippen MR) is 161 cm³/mol. The Labute approximate surface area is 252 Å². The molecule has 226 valence electrons. The first-order valence-corrected chi connectivity index (χ1v) is 15.2. The van der Waals surface area contributed by atoms with E-state index < -0.39 is 29.1 Å². The third kappa shape index (κ3) is 4.75. The van der Waals surface area contributed by atoms with Gasteiger partial charge in [-0.05, 0) is 49.6 Å². The van der Waals surface area contributed by atoms with Crippen LogP contribution in [-0.4, -0.2) is 82.7 Å². The molecule has 0 bridgehead atoms. The van der Waals surface area contributed by atoms with E-state index in [1.54, 1.807) is 14.7 Å². The largest absolute Gasteiger partial charge is 0.494 e. The minimum Gasteiger partial charge on any atom is -0.494 e. The Hall–Kier alpha value is -3.95. The highest BCUT2D eigenvalue weighted by Gasteiger charge is 2.75. The number of carbonyl (C=O) groups excluding carboxylic acids is 3. The van der Waals surface area contributed by atoms with Gasteiger partial charge in [-0.2, -0.15) is 0 Å². The van der Waals surface area contributed by atoms with E-state index in [9.17, 15) is 19.5 Å². The molecule has 0 aromatic heterocycles. The smallest absolute Gasteiger partial charge is 0.249 e. The number of hydrogen-bond donors (Lipinski definition) is 1. The van der Waals surface area contributed by atoms with Gasteiger partial charge in [0.2, 0.25) is 17.7 Å². The van der Waals surface area contributed by atoms with Crippen LogP contribution in [0.25, 0.3) is 0 Å². The first kappa shape index (κ1) is 29.1. The number of aliphatic hydroxyl groups excluding tert-OH is 1. The summed E-state index contributed by atoms with van der Waals surface area (Å²) >= 11 is 0. The van der Waals surface area contributed by atoms with Gasteiger partial charge >= 0.3 is 0 Å². The topological polar surface area (TPSA) is 99.6 Å². The molecule has 4 aliphatic rings. The summed E-state index contributed by atoms with van der Waals surface area (Å²) in [5, 5.41) is 9.68. The molecular weight excluding hydrogens is 546 g/mol. The average Bonchev–Trinajstić information content (AvgIpc) is 3.31. The Balaban J connectivity index is 1.41. The highest BCUT2D eigenvalue weighted by Crippen LogP contribution is 2.58. The number of fused-ring (bicyclic) bond motifs is 2. The molecule has 1 N–H and O–H groups in total. The van der Waals surface area contributed by atoms with Crippen LogP contribution in [0.3, 0.4) is 0 Å². The van der Waals surface area contributed by atoms with E-state index in [1.807, 2.05) is 92.7 Å². The summed E-state index contributed by atoms with van der Waals surface area (Å²) in [4.78, 5) is 48.5. The number of anilines is 1. The summed E-state index contributed by atoms with van der Waals surface area (Å²) in [5.74, 6) is -1.73. The third-order valence-corrected chi connectivity index (χ3v) is 9.26. The maximum Gasteiger partial charge on any atom is 0.249 e. The minimum absolute atomic E-state index is 0.123. The van der Waals surface area contributed by atoms with Gasteiger partial charge in [0.1, 0.15) is 17.4 Å². The van der Waals surface area contributed by atoms with Gasteiger partial charge in [0, 0.05) is 38.5 Å². The number of hydrogen-bond acceptors (Lipinski definition) is 6. The quantitative estimate of drug-likeness (QED) is 0.454. The molecule has 9 nitrogen and oxygen atoms in total. The molecule has 43 heavy (non-hydrogen) atoms. The van der Waals surface area contributed by atoms with Crippen LogP contribution in [0, 0.1) is 11.8 Å². The molecule has 9 heteroatoms. The Kier molecular flexibility index (Phi) is 7.87. The zero-order valence-corrected chi connectivity index (χ0v) is 24.7. The van der Waals surface area contributed by atoms with Gasteiger partial charge in [-0.1, -0.05) is 61.6 Å².